The van der Waals surface area contributed by atoms with Crippen LogP contribution in [0.1, 0.15) is 5.56 Å². The fourth-order valence-corrected chi connectivity index (χ4v) is 2.68. The zero-order valence-corrected chi connectivity index (χ0v) is 12.8. The molecule has 8 nitrogen and oxygen atoms in total. The first-order valence-corrected chi connectivity index (χ1v) is 7.42. The minimum atomic E-state index is -1.53. The first-order valence-electron chi connectivity index (χ1n) is 7.42. The van der Waals surface area contributed by atoms with Crippen LogP contribution in [-0.4, -0.2) is 57.7 Å². The average molecular weight is 338 g/mol. The van der Waals surface area contributed by atoms with Crippen LogP contribution in [0, 0.1) is 6.92 Å². The summed E-state index contributed by atoms with van der Waals surface area (Å²) in [6.07, 6.45) is -6.85. The molecule has 1 aromatic heterocycles. The third-order valence-electron chi connectivity index (χ3n) is 4.02. The van der Waals surface area contributed by atoms with Crippen LogP contribution < -0.4 is 10.4 Å². The second-order valence-electron chi connectivity index (χ2n) is 5.72. The highest BCUT2D eigenvalue weighted by Crippen LogP contribution is 2.27. The topological polar surface area (TPSA) is 130 Å². The Balaban J connectivity index is 1.87. The van der Waals surface area contributed by atoms with E-state index in [-0.39, 0.29) is 5.75 Å². The SMILES string of the molecule is Cc1cc(=O)oc2cc(O[C@@H]3O[C@H](CO)[C@H](O)[C@@H](O)[C@@H]3O)ccc12. The summed E-state index contributed by atoms with van der Waals surface area (Å²) in [7, 11) is 0. The van der Waals surface area contributed by atoms with Gasteiger partial charge in [-0.1, -0.05) is 0 Å². The molecule has 1 aliphatic rings. The molecule has 1 aliphatic heterocycles. The number of rotatable bonds is 3. The van der Waals surface area contributed by atoms with Gasteiger partial charge < -0.3 is 34.3 Å². The number of benzene rings is 1. The maximum Gasteiger partial charge on any atom is 0.336 e. The van der Waals surface area contributed by atoms with E-state index in [1.54, 1.807) is 19.1 Å². The molecule has 0 bridgehead atoms. The molecular weight excluding hydrogens is 320 g/mol. The maximum atomic E-state index is 11.5. The first kappa shape index (κ1) is 16.9. The van der Waals surface area contributed by atoms with Crippen LogP contribution >= 0.6 is 0 Å². The molecular formula is C16H18O8. The number of hydrogen-bond acceptors (Lipinski definition) is 8. The van der Waals surface area contributed by atoms with Crippen LogP contribution in [0.2, 0.25) is 0 Å². The predicted octanol–water partition coefficient (Wildman–Crippen LogP) is -0.720. The van der Waals surface area contributed by atoms with Gasteiger partial charge in [0.1, 0.15) is 35.7 Å². The van der Waals surface area contributed by atoms with E-state index in [2.05, 4.69) is 0 Å². The Hall–Kier alpha value is -1.97. The van der Waals surface area contributed by atoms with Crippen LogP contribution in [0.15, 0.2) is 33.5 Å². The van der Waals surface area contributed by atoms with Gasteiger partial charge in [-0.15, -0.1) is 0 Å². The highest BCUT2D eigenvalue weighted by atomic mass is 16.7. The number of aliphatic hydroxyl groups is 4. The van der Waals surface area contributed by atoms with Crippen molar-refractivity contribution in [1.82, 2.24) is 0 Å². The van der Waals surface area contributed by atoms with E-state index in [0.717, 1.165) is 10.9 Å². The van der Waals surface area contributed by atoms with E-state index >= 15 is 0 Å². The van der Waals surface area contributed by atoms with E-state index in [4.69, 9.17) is 19.0 Å². The average Bonchev–Trinajstić information content (AvgIpc) is 2.55. The fraction of sp³-hybridized carbons (Fsp3) is 0.438. The number of fused-ring (bicyclic) bond motifs is 1. The highest BCUT2D eigenvalue weighted by Gasteiger charge is 2.44. The Bertz CT molecular complexity index is 783. The lowest BCUT2D eigenvalue weighted by molar-refractivity contribution is -0.277. The summed E-state index contributed by atoms with van der Waals surface area (Å²) >= 11 is 0. The molecule has 0 saturated carbocycles. The Morgan fingerprint density at radius 1 is 1.12 bits per heavy atom. The molecule has 8 heteroatoms. The summed E-state index contributed by atoms with van der Waals surface area (Å²) in [6.45, 7) is 1.23. The van der Waals surface area contributed by atoms with Crippen molar-refractivity contribution in [3.8, 4) is 5.75 Å². The van der Waals surface area contributed by atoms with Crippen molar-refractivity contribution in [2.75, 3.05) is 6.61 Å². The number of aryl methyl sites for hydroxylation is 1. The van der Waals surface area contributed by atoms with Crippen molar-refractivity contribution >= 4 is 11.0 Å². The zero-order chi connectivity index (χ0) is 17.4. The molecule has 2 aromatic rings. The van der Waals surface area contributed by atoms with Crippen LogP contribution in [-0.2, 0) is 4.74 Å². The summed E-state index contributed by atoms with van der Waals surface area (Å²) in [5.74, 6) is 0.237. The second-order valence-corrected chi connectivity index (χ2v) is 5.72. The third kappa shape index (κ3) is 3.02. The van der Waals surface area contributed by atoms with E-state index < -0.39 is 42.9 Å². The van der Waals surface area contributed by atoms with E-state index in [1.165, 1.54) is 12.1 Å². The van der Waals surface area contributed by atoms with Crippen LogP contribution in [0.5, 0.6) is 5.75 Å². The monoisotopic (exact) mass is 338 g/mol. The quantitative estimate of drug-likeness (QED) is 0.540. The van der Waals surface area contributed by atoms with Crippen molar-refractivity contribution in [2.24, 2.45) is 0 Å². The van der Waals surface area contributed by atoms with E-state index in [9.17, 15) is 20.1 Å². The molecule has 1 saturated heterocycles. The summed E-state index contributed by atoms with van der Waals surface area (Å²) in [5.41, 5.74) is 0.563. The standard InChI is InChI=1S/C16H18O8/c1-7-4-12(18)23-10-5-8(2-3-9(7)10)22-16-15(21)14(20)13(19)11(6-17)24-16/h2-5,11,13-17,19-21H,6H2,1H3/t11-,13+,14-,15+,16-/m1/s1. The third-order valence-corrected chi connectivity index (χ3v) is 4.02. The van der Waals surface area contributed by atoms with Gasteiger partial charge in [-0.2, -0.15) is 0 Å². The molecule has 3 rings (SSSR count). The van der Waals surface area contributed by atoms with Crippen LogP contribution in [0.25, 0.3) is 11.0 Å². The molecule has 24 heavy (non-hydrogen) atoms. The van der Waals surface area contributed by atoms with Gasteiger partial charge in [0, 0.05) is 17.5 Å². The van der Waals surface area contributed by atoms with Crippen molar-refractivity contribution < 1.29 is 34.3 Å². The zero-order valence-electron chi connectivity index (χ0n) is 12.8. The minimum absolute atomic E-state index is 0.237. The summed E-state index contributed by atoms with van der Waals surface area (Å²) in [4.78, 5) is 11.5. The largest absolute Gasteiger partial charge is 0.462 e. The fourth-order valence-electron chi connectivity index (χ4n) is 2.68. The normalized spacial score (nSPS) is 30.5. The van der Waals surface area contributed by atoms with Crippen molar-refractivity contribution in [2.45, 2.75) is 37.6 Å². The molecule has 0 spiro atoms. The predicted molar refractivity (Wildman–Crippen MR) is 81.6 cm³/mol. The van der Waals surface area contributed by atoms with Crippen molar-refractivity contribution in [3.63, 3.8) is 0 Å². The van der Waals surface area contributed by atoms with Gasteiger partial charge in [0.05, 0.1) is 6.61 Å². The lowest BCUT2D eigenvalue weighted by atomic mass is 9.99. The van der Waals surface area contributed by atoms with Gasteiger partial charge in [-0.3, -0.25) is 0 Å². The number of hydrogen-bond donors (Lipinski definition) is 4. The minimum Gasteiger partial charge on any atom is -0.462 e. The first-order chi connectivity index (χ1) is 11.4. The van der Waals surface area contributed by atoms with Gasteiger partial charge in [0.25, 0.3) is 0 Å². The summed E-state index contributed by atoms with van der Waals surface area (Å²) in [5, 5.41) is 39.4. The van der Waals surface area contributed by atoms with Gasteiger partial charge in [-0.25, -0.2) is 4.79 Å². The lowest BCUT2D eigenvalue weighted by Gasteiger charge is -2.39. The highest BCUT2D eigenvalue weighted by molar-refractivity contribution is 5.81. The molecule has 0 aliphatic carbocycles. The molecule has 0 amide bonds. The van der Waals surface area contributed by atoms with Crippen LogP contribution in [0.4, 0.5) is 0 Å². The molecule has 1 aromatic carbocycles. The molecule has 5 atom stereocenters. The number of aliphatic hydroxyl groups excluding tert-OH is 4. The summed E-state index contributed by atoms with van der Waals surface area (Å²) < 4.78 is 15.9. The van der Waals surface area contributed by atoms with Gasteiger partial charge in [0.15, 0.2) is 0 Å². The molecule has 0 radical (unpaired) electrons. The maximum absolute atomic E-state index is 11.5. The second kappa shape index (κ2) is 6.50. The smallest absolute Gasteiger partial charge is 0.336 e. The summed E-state index contributed by atoms with van der Waals surface area (Å²) in [6, 6.07) is 6.12. The molecule has 1 fully saturated rings. The van der Waals surface area contributed by atoms with Gasteiger partial charge >= 0.3 is 5.63 Å². The van der Waals surface area contributed by atoms with Crippen molar-refractivity contribution in [3.05, 3.63) is 40.2 Å². The van der Waals surface area contributed by atoms with Gasteiger partial charge in [0.2, 0.25) is 6.29 Å². The van der Waals surface area contributed by atoms with Gasteiger partial charge in [-0.05, 0) is 24.6 Å². The molecule has 2 heterocycles. The molecule has 130 valence electrons. The van der Waals surface area contributed by atoms with Crippen molar-refractivity contribution in [1.29, 1.82) is 0 Å². The Morgan fingerprint density at radius 2 is 1.88 bits per heavy atom. The molecule has 4 N–H and O–H groups in total. The Labute approximate surface area is 136 Å². The Morgan fingerprint density at radius 3 is 2.58 bits per heavy atom. The number of ether oxygens (including phenoxy) is 2. The van der Waals surface area contributed by atoms with E-state index in [0.29, 0.717) is 5.58 Å². The Kier molecular flexibility index (Phi) is 4.57. The molecule has 0 unspecified atom stereocenters. The lowest BCUT2D eigenvalue weighted by Crippen LogP contribution is -2.60. The van der Waals surface area contributed by atoms with E-state index in [1.807, 2.05) is 0 Å². The van der Waals surface area contributed by atoms with Crippen LogP contribution in [0.3, 0.4) is 0 Å².